The van der Waals surface area contributed by atoms with E-state index in [1.807, 2.05) is 0 Å². The standard InChI is InChI=1S/C17H30N2/c18-17(11-13-4-1-5-14(10-13)12-17)19-15-6-2-7-16(19)9-3-8-15/h13-16H,1-12,18H2/t13-,14+,15?,16?,17?. The average Bonchev–Trinajstić information content (AvgIpc) is 2.37. The van der Waals surface area contributed by atoms with Gasteiger partial charge in [-0.2, -0.15) is 0 Å². The van der Waals surface area contributed by atoms with Crippen molar-refractivity contribution in [3.63, 3.8) is 0 Å². The Kier molecular flexibility index (Phi) is 3.15. The van der Waals surface area contributed by atoms with Crippen molar-refractivity contribution in [2.75, 3.05) is 0 Å². The van der Waals surface area contributed by atoms with Crippen LogP contribution in [0.2, 0.25) is 0 Å². The Labute approximate surface area is 118 Å². The van der Waals surface area contributed by atoms with Crippen LogP contribution >= 0.6 is 0 Å². The predicted octanol–water partition coefficient (Wildman–Crippen LogP) is 3.65. The molecule has 2 saturated carbocycles. The van der Waals surface area contributed by atoms with Crippen LogP contribution in [0.25, 0.3) is 0 Å². The van der Waals surface area contributed by atoms with Crippen LogP contribution in [0.4, 0.5) is 0 Å². The summed E-state index contributed by atoms with van der Waals surface area (Å²) >= 11 is 0. The zero-order chi connectivity index (χ0) is 12.9. The lowest BCUT2D eigenvalue weighted by molar-refractivity contribution is -0.0949. The lowest BCUT2D eigenvalue weighted by atomic mass is 9.66. The molecule has 2 nitrogen and oxygen atoms in total. The molecule has 4 aliphatic rings. The van der Waals surface area contributed by atoms with Crippen LogP contribution in [0.5, 0.6) is 0 Å². The molecule has 4 fully saturated rings. The normalized spacial score (nSPS) is 51.0. The molecule has 2 N–H and O–H groups in total. The summed E-state index contributed by atoms with van der Waals surface area (Å²) in [5.41, 5.74) is 7.11. The third-order valence-corrected chi connectivity index (χ3v) is 6.63. The number of nitrogens with two attached hydrogens (primary N) is 1. The summed E-state index contributed by atoms with van der Waals surface area (Å²) < 4.78 is 0. The van der Waals surface area contributed by atoms with Gasteiger partial charge < -0.3 is 5.73 Å². The Hall–Kier alpha value is -0.0800. The Balaban J connectivity index is 1.59. The molecule has 19 heavy (non-hydrogen) atoms. The summed E-state index contributed by atoms with van der Waals surface area (Å²) in [6, 6.07) is 1.66. The van der Waals surface area contributed by atoms with Gasteiger partial charge in [0, 0.05) is 12.1 Å². The van der Waals surface area contributed by atoms with E-state index in [4.69, 9.17) is 5.73 Å². The zero-order valence-electron chi connectivity index (χ0n) is 12.3. The summed E-state index contributed by atoms with van der Waals surface area (Å²) in [5.74, 6) is 1.89. The molecule has 3 atom stereocenters. The lowest BCUT2D eigenvalue weighted by Crippen LogP contribution is -2.68. The van der Waals surface area contributed by atoms with E-state index in [0.717, 1.165) is 23.9 Å². The summed E-state index contributed by atoms with van der Waals surface area (Å²) in [5, 5.41) is 0. The molecule has 2 aliphatic carbocycles. The van der Waals surface area contributed by atoms with Gasteiger partial charge in [0.05, 0.1) is 5.66 Å². The minimum Gasteiger partial charge on any atom is -0.313 e. The van der Waals surface area contributed by atoms with E-state index in [0.29, 0.717) is 0 Å². The van der Waals surface area contributed by atoms with Crippen LogP contribution in [0.15, 0.2) is 0 Å². The molecule has 2 aliphatic heterocycles. The maximum atomic E-state index is 7.04. The lowest BCUT2D eigenvalue weighted by Gasteiger charge is -2.59. The second-order valence-electron chi connectivity index (χ2n) is 7.99. The first-order valence-corrected chi connectivity index (χ1v) is 8.82. The first-order valence-electron chi connectivity index (χ1n) is 8.82. The van der Waals surface area contributed by atoms with Crippen LogP contribution in [0, 0.1) is 11.8 Å². The van der Waals surface area contributed by atoms with Crippen molar-refractivity contribution in [3.05, 3.63) is 0 Å². The zero-order valence-corrected chi connectivity index (χ0v) is 12.3. The molecule has 2 heterocycles. The fraction of sp³-hybridized carbons (Fsp3) is 1.00. The van der Waals surface area contributed by atoms with E-state index in [-0.39, 0.29) is 5.66 Å². The quantitative estimate of drug-likeness (QED) is 0.781. The van der Waals surface area contributed by atoms with Crippen LogP contribution in [0.1, 0.15) is 77.0 Å². The minimum absolute atomic E-state index is 0.0736. The number of nitrogens with zero attached hydrogens (tertiary/aromatic N) is 1. The van der Waals surface area contributed by atoms with Crippen molar-refractivity contribution in [2.45, 2.75) is 94.8 Å². The largest absolute Gasteiger partial charge is 0.313 e. The highest BCUT2D eigenvalue weighted by Crippen LogP contribution is 2.48. The Morgan fingerprint density at radius 3 is 1.74 bits per heavy atom. The van der Waals surface area contributed by atoms with E-state index in [1.165, 1.54) is 77.0 Å². The van der Waals surface area contributed by atoms with Crippen LogP contribution in [0.3, 0.4) is 0 Å². The highest BCUT2D eigenvalue weighted by atomic mass is 15.3. The second kappa shape index (κ2) is 4.73. The third-order valence-electron chi connectivity index (χ3n) is 6.63. The molecule has 0 radical (unpaired) electrons. The highest BCUT2D eigenvalue weighted by Gasteiger charge is 2.49. The van der Waals surface area contributed by atoms with Gasteiger partial charge in [0.1, 0.15) is 0 Å². The molecule has 0 aromatic rings. The van der Waals surface area contributed by atoms with Crippen molar-refractivity contribution in [1.82, 2.24) is 4.90 Å². The third kappa shape index (κ3) is 2.15. The molecule has 0 aromatic heterocycles. The van der Waals surface area contributed by atoms with Crippen molar-refractivity contribution < 1.29 is 0 Å². The minimum atomic E-state index is 0.0736. The molecule has 0 spiro atoms. The molecule has 2 saturated heterocycles. The topological polar surface area (TPSA) is 29.3 Å². The molecule has 1 unspecified atom stereocenters. The summed E-state index contributed by atoms with van der Waals surface area (Å²) in [4.78, 5) is 2.85. The van der Waals surface area contributed by atoms with Crippen molar-refractivity contribution in [1.29, 1.82) is 0 Å². The molecule has 2 heteroatoms. The monoisotopic (exact) mass is 262 g/mol. The van der Waals surface area contributed by atoms with Crippen LogP contribution in [-0.2, 0) is 0 Å². The SMILES string of the molecule is NC1(N2C3CCCC2CCC3)C[C@@H]2CCC[C@@H](C2)C1. The Morgan fingerprint density at radius 2 is 1.21 bits per heavy atom. The van der Waals surface area contributed by atoms with E-state index in [1.54, 1.807) is 0 Å². The van der Waals surface area contributed by atoms with Gasteiger partial charge in [-0.15, -0.1) is 0 Å². The van der Waals surface area contributed by atoms with Gasteiger partial charge in [0.25, 0.3) is 0 Å². The number of fused-ring (bicyclic) bond motifs is 4. The summed E-state index contributed by atoms with van der Waals surface area (Å²) in [6.45, 7) is 0. The molecular formula is C17H30N2. The van der Waals surface area contributed by atoms with E-state index >= 15 is 0 Å². The summed E-state index contributed by atoms with van der Waals surface area (Å²) in [6.07, 6.45) is 17.1. The molecule has 0 aromatic carbocycles. The molecule has 4 rings (SSSR count). The second-order valence-corrected chi connectivity index (χ2v) is 7.99. The molecule has 0 amide bonds. The van der Waals surface area contributed by atoms with E-state index in [9.17, 15) is 0 Å². The van der Waals surface area contributed by atoms with Crippen molar-refractivity contribution >= 4 is 0 Å². The Morgan fingerprint density at radius 1 is 0.737 bits per heavy atom. The molecule has 108 valence electrons. The maximum absolute atomic E-state index is 7.04. The van der Waals surface area contributed by atoms with Gasteiger partial charge in [-0.05, 0) is 56.8 Å². The van der Waals surface area contributed by atoms with Gasteiger partial charge >= 0.3 is 0 Å². The van der Waals surface area contributed by atoms with E-state index in [2.05, 4.69) is 4.90 Å². The smallest absolute Gasteiger partial charge is 0.0697 e. The van der Waals surface area contributed by atoms with Crippen LogP contribution in [-0.4, -0.2) is 22.6 Å². The molecule has 4 bridgehead atoms. The highest BCUT2D eigenvalue weighted by molar-refractivity contribution is 5.03. The summed E-state index contributed by atoms with van der Waals surface area (Å²) in [7, 11) is 0. The fourth-order valence-electron chi connectivity index (χ4n) is 6.12. The number of hydrogen-bond donors (Lipinski definition) is 1. The number of hydrogen-bond acceptors (Lipinski definition) is 2. The Bertz CT molecular complexity index is 306. The first kappa shape index (κ1) is 12.6. The van der Waals surface area contributed by atoms with Gasteiger partial charge in [-0.3, -0.25) is 4.90 Å². The number of piperidine rings is 2. The molecular weight excluding hydrogens is 232 g/mol. The van der Waals surface area contributed by atoms with Crippen molar-refractivity contribution in [3.8, 4) is 0 Å². The average molecular weight is 262 g/mol. The van der Waals surface area contributed by atoms with Gasteiger partial charge in [0.15, 0.2) is 0 Å². The fourth-order valence-corrected chi connectivity index (χ4v) is 6.12. The van der Waals surface area contributed by atoms with Crippen LogP contribution < -0.4 is 5.73 Å². The van der Waals surface area contributed by atoms with Gasteiger partial charge in [0.2, 0.25) is 0 Å². The number of rotatable bonds is 1. The van der Waals surface area contributed by atoms with Gasteiger partial charge in [-0.25, -0.2) is 0 Å². The predicted molar refractivity (Wildman–Crippen MR) is 78.7 cm³/mol. The van der Waals surface area contributed by atoms with Crippen molar-refractivity contribution in [2.24, 2.45) is 17.6 Å². The van der Waals surface area contributed by atoms with Gasteiger partial charge in [-0.1, -0.05) is 32.1 Å². The van der Waals surface area contributed by atoms with E-state index < -0.39 is 0 Å². The first-order chi connectivity index (χ1) is 9.24. The maximum Gasteiger partial charge on any atom is 0.0697 e.